The lowest BCUT2D eigenvalue weighted by Crippen LogP contribution is -2.66. The molecule has 0 amide bonds. The summed E-state index contributed by atoms with van der Waals surface area (Å²) in [6.45, 7) is 35.8. The van der Waals surface area contributed by atoms with Crippen LogP contribution in [-0.4, -0.2) is 12.1 Å². The SMILES string of the molecule is C=C(C)[C@@H]1CC[C@]2(C(=O)O[C@H]3CC[C@@]4(C)C(=CC[C@H]5[C@@H]6CC[C@H]([C@H](C)CCCC(C)C)[C@@]6(C)CC[C@@H]54)C3)CC[C@]3(C)[C@H](CC[C@@H]4[C@@]5(C)CCC(C)C(C)(C)C5CC[C@]43C)C12. The highest BCUT2D eigenvalue weighted by molar-refractivity contribution is 5.78. The third-order valence-corrected chi connectivity index (χ3v) is 24.6. The van der Waals surface area contributed by atoms with E-state index in [4.69, 9.17) is 4.74 Å². The monoisotopic (exact) mass is 823 g/mol. The maximum Gasteiger partial charge on any atom is 0.312 e. The predicted molar refractivity (Wildman–Crippen MR) is 251 cm³/mol. The molecule has 0 aliphatic heterocycles. The molecule has 338 valence electrons. The number of fused-ring (bicyclic) bond motifs is 12. The molecule has 18 atom stereocenters. The van der Waals surface area contributed by atoms with Crippen molar-refractivity contribution in [2.75, 3.05) is 0 Å². The predicted octanol–water partition coefficient (Wildman–Crippen LogP) is 16.2. The number of allylic oxidation sites excluding steroid dienone is 2. The molecule has 0 aromatic rings. The van der Waals surface area contributed by atoms with Crippen LogP contribution < -0.4 is 0 Å². The molecule has 0 N–H and O–H groups in total. The fraction of sp³-hybridized carbons (Fsp3) is 0.914. The number of carbonyl (C=O) groups is 1. The summed E-state index contributed by atoms with van der Waals surface area (Å²) >= 11 is 0. The molecule has 2 nitrogen and oxygen atoms in total. The Morgan fingerprint density at radius 3 is 2.20 bits per heavy atom. The second kappa shape index (κ2) is 15.0. The summed E-state index contributed by atoms with van der Waals surface area (Å²) in [6, 6.07) is 0. The Kier molecular flexibility index (Phi) is 11.0. The van der Waals surface area contributed by atoms with E-state index in [0.717, 1.165) is 85.4 Å². The van der Waals surface area contributed by atoms with E-state index >= 15 is 4.79 Å². The van der Waals surface area contributed by atoms with Crippen LogP contribution in [0.2, 0.25) is 0 Å². The van der Waals surface area contributed by atoms with Gasteiger partial charge in [0.15, 0.2) is 0 Å². The molecule has 9 aliphatic rings. The van der Waals surface area contributed by atoms with Crippen LogP contribution in [0.1, 0.15) is 218 Å². The first-order chi connectivity index (χ1) is 28.2. The van der Waals surface area contributed by atoms with Gasteiger partial charge in [0.2, 0.25) is 0 Å². The summed E-state index contributed by atoms with van der Waals surface area (Å²) < 4.78 is 7.02. The number of rotatable bonds is 8. The zero-order valence-corrected chi connectivity index (χ0v) is 41.5. The molecular weight excluding hydrogens is 729 g/mol. The second-order valence-electron chi connectivity index (χ2n) is 27.2. The zero-order valence-electron chi connectivity index (χ0n) is 41.5. The average molecular weight is 823 g/mol. The molecule has 9 rings (SSSR count). The zero-order chi connectivity index (χ0) is 43.0. The van der Waals surface area contributed by atoms with Crippen molar-refractivity contribution < 1.29 is 9.53 Å². The Balaban J connectivity index is 0.912. The molecule has 2 heteroatoms. The summed E-state index contributed by atoms with van der Waals surface area (Å²) in [5.41, 5.74) is 4.93. The topological polar surface area (TPSA) is 26.3 Å². The van der Waals surface area contributed by atoms with Crippen molar-refractivity contribution in [1.82, 2.24) is 0 Å². The standard InChI is InChI=1S/C58H94O2/c1-36(2)15-14-16-38(5)44-19-20-45-43-18-17-40-35-41(24-29-53(40,9)46(43)26-30-54(44,45)10)60-51(59)58-32-25-42(37(3)4)50(58)47-21-22-49-55(11)28-23-39(6)52(7,8)48(55)27-31-57(49,13)56(47,12)33-34-58/h17,36,38-39,41-50H,3,14-16,18-35H2,1-2,4-13H3/t38-,39?,41+,42+,43+,44-,45+,46+,47-,48?,49-,50?,53+,54-,55+,56-,57-,58+/m1/s1. The molecule has 8 fully saturated rings. The van der Waals surface area contributed by atoms with Gasteiger partial charge in [-0.3, -0.25) is 4.79 Å². The van der Waals surface area contributed by atoms with Crippen LogP contribution in [0.5, 0.6) is 0 Å². The molecule has 0 radical (unpaired) electrons. The molecule has 0 saturated heterocycles. The number of hydrogen-bond acceptors (Lipinski definition) is 2. The lowest BCUT2D eigenvalue weighted by molar-refractivity contribution is -0.244. The highest BCUT2D eigenvalue weighted by Gasteiger charge is 2.72. The van der Waals surface area contributed by atoms with Crippen molar-refractivity contribution in [3.63, 3.8) is 0 Å². The first kappa shape index (κ1) is 44.2. The first-order valence-corrected chi connectivity index (χ1v) is 26.7. The molecule has 8 saturated carbocycles. The molecular formula is C58H94O2. The lowest BCUT2D eigenvalue weighted by atomic mass is 9.32. The maximum atomic E-state index is 15.3. The van der Waals surface area contributed by atoms with Gasteiger partial charge >= 0.3 is 5.97 Å². The van der Waals surface area contributed by atoms with Gasteiger partial charge in [0.05, 0.1) is 5.41 Å². The maximum absolute atomic E-state index is 15.3. The van der Waals surface area contributed by atoms with Gasteiger partial charge < -0.3 is 4.74 Å². The van der Waals surface area contributed by atoms with Gasteiger partial charge in [-0.15, -0.1) is 0 Å². The molecule has 0 spiro atoms. The van der Waals surface area contributed by atoms with Gasteiger partial charge in [-0.2, -0.15) is 0 Å². The van der Waals surface area contributed by atoms with Crippen molar-refractivity contribution in [3.05, 3.63) is 23.8 Å². The summed E-state index contributed by atoms with van der Waals surface area (Å²) in [5.74, 6) is 9.22. The number of carbonyl (C=O) groups excluding carboxylic acids is 1. The van der Waals surface area contributed by atoms with E-state index in [1.165, 1.54) is 108 Å². The van der Waals surface area contributed by atoms with Crippen LogP contribution in [0.4, 0.5) is 0 Å². The van der Waals surface area contributed by atoms with Crippen LogP contribution in [0, 0.1) is 109 Å². The van der Waals surface area contributed by atoms with Gasteiger partial charge in [-0.25, -0.2) is 0 Å². The van der Waals surface area contributed by atoms with Crippen LogP contribution in [0.3, 0.4) is 0 Å². The second-order valence-corrected chi connectivity index (χ2v) is 27.2. The summed E-state index contributed by atoms with van der Waals surface area (Å²) in [6.07, 6.45) is 29.9. The Morgan fingerprint density at radius 1 is 0.733 bits per heavy atom. The highest BCUT2D eigenvalue weighted by Crippen LogP contribution is 2.78. The quantitative estimate of drug-likeness (QED) is 0.180. The molecule has 60 heavy (non-hydrogen) atoms. The third-order valence-electron chi connectivity index (χ3n) is 24.6. The van der Waals surface area contributed by atoms with E-state index in [2.05, 4.69) is 95.7 Å². The molecule has 0 bridgehead atoms. The Labute approximate surface area is 370 Å². The van der Waals surface area contributed by atoms with Gasteiger partial charge in [0.1, 0.15) is 6.10 Å². The van der Waals surface area contributed by atoms with E-state index in [0.29, 0.717) is 39.4 Å². The minimum atomic E-state index is -0.327. The Morgan fingerprint density at radius 2 is 1.47 bits per heavy atom. The van der Waals surface area contributed by atoms with Crippen LogP contribution in [0.25, 0.3) is 0 Å². The largest absolute Gasteiger partial charge is 0.462 e. The number of hydrogen-bond donors (Lipinski definition) is 0. The minimum Gasteiger partial charge on any atom is -0.462 e. The summed E-state index contributed by atoms with van der Waals surface area (Å²) in [7, 11) is 0. The fourth-order valence-corrected chi connectivity index (χ4v) is 20.7. The van der Waals surface area contributed by atoms with Gasteiger partial charge in [-0.05, 0) is 220 Å². The smallest absolute Gasteiger partial charge is 0.312 e. The van der Waals surface area contributed by atoms with E-state index in [9.17, 15) is 0 Å². The highest BCUT2D eigenvalue weighted by atomic mass is 16.5. The van der Waals surface area contributed by atoms with Crippen molar-refractivity contribution in [3.8, 4) is 0 Å². The van der Waals surface area contributed by atoms with Gasteiger partial charge in [-0.1, -0.05) is 119 Å². The normalized spacial score (nSPS) is 52.0. The van der Waals surface area contributed by atoms with Crippen LogP contribution in [0.15, 0.2) is 23.8 Å². The van der Waals surface area contributed by atoms with E-state index in [1.807, 2.05) is 0 Å². The average Bonchev–Trinajstić information content (AvgIpc) is 3.76. The molecule has 3 unspecified atom stereocenters. The lowest BCUT2D eigenvalue weighted by Gasteiger charge is -2.73. The van der Waals surface area contributed by atoms with E-state index < -0.39 is 0 Å². The molecule has 0 heterocycles. The van der Waals surface area contributed by atoms with E-state index in [-0.39, 0.29) is 28.3 Å². The first-order valence-electron chi connectivity index (χ1n) is 26.7. The molecule has 0 aromatic heterocycles. The summed E-state index contributed by atoms with van der Waals surface area (Å²) in [4.78, 5) is 15.3. The Hall–Kier alpha value is -1.05. The van der Waals surface area contributed by atoms with Crippen molar-refractivity contribution in [1.29, 1.82) is 0 Å². The number of ether oxygens (including phenoxy) is 1. The van der Waals surface area contributed by atoms with Crippen LogP contribution in [-0.2, 0) is 9.53 Å². The third kappa shape index (κ3) is 6.17. The van der Waals surface area contributed by atoms with Crippen molar-refractivity contribution >= 4 is 5.97 Å². The van der Waals surface area contributed by atoms with Crippen molar-refractivity contribution in [2.45, 2.75) is 224 Å². The van der Waals surface area contributed by atoms with Crippen molar-refractivity contribution in [2.24, 2.45) is 109 Å². The van der Waals surface area contributed by atoms with Gasteiger partial charge in [0, 0.05) is 6.42 Å². The van der Waals surface area contributed by atoms with E-state index in [1.54, 1.807) is 5.57 Å². The molecule has 0 aromatic carbocycles. The van der Waals surface area contributed by atoms with Crippen LogP contribution >= 0.6 is 0 Å². The minimum absolute atomic E-state index is 0.0533. The Bertz CT molecular complexity index is 1700. The fourth-order valence-electron chi connectivity index (χ4n) is 20.7. The number of esters is 1. The summed E-state index contributed by atoms with van der Waals surface area (Å²) in [5, 5.41) is 0. The van der Waals surface area contributed by atoms with Gasteiger partial charge in [0.25, 0.3) is 0 Å². The molecule has 9 aliphatic carbocycles.